The first-order valence-electron chi connectivity index (χ1n) is 7.22. The van der Waals surface area contributed by atoms with Gasteiger partial charge in [0.1, 0.15) is 12.2 Å². The first-order valence-corrected chi connectivity index (χ1v) is 9.11. The first kappa shape index (κ1) is 16.8. The van der Waals surface area contributed by atoms with E-state index in [-0.39, 0.29) is 18.0 Å². The van der Waals surface area contributed by atoms with Gasteiger partial charge in [-0.2, -0.15) is 5.10 Å². The topological polar surface area (TPSA) is 64.0 Å². The van der Waals surface area contributed by atoms with Crippen LogP contribution in [-0.4, -0.2) is 15.7 Å². The average Bonchev–Trinajstić information content (AvgIpc) is 2.96. The molecule has 3 aromatic rings. The maximum atomic E-state index is 12.2. The van der Waals surface area contributed by atoms with Gasteiger partial charge in [0.15, 0.2) is 0 Å². The van der Waals surface area contributed by atoms with Gasteiger partial charge in [-0.3, -0.25) is 9.59 Å². The van der Waals surface area contributed by atoms with Crippen LogP contribution < -0.4 is 10.9 Å². The van der Waals surface area contributed by atoms with Crippen molar-refractivity contribution in [1.29, 1.82) is 0 Å². The number of nitrogens with zero attached hydrogens (tertiary/aromatic N) is 2. The summed E-state index contributed by atoms with van der Waals surface area (Å²) in [5.41, 5.74) is 1.09. The minimum Gasteiger partial charge on any atom is -0.324 e. The zero-order valence-electron chi connectivity index (χ0n) is 12.8. The van der Waals surface area contributed by atoms with E-state index in [9.17, 15) is 9.59 Å². The Hall–Kier alpha value is -2.00. The number of aryl methyl sites for hydroxylation is 1. The molecule has 0 radical (unpaired) electrons. The Bertz CT molecular complexity index is 949. The smallest absolute Gasteiger partial charge is 0.267 e. The average molecular weight is 451 g/mol. The molecule has 1 amide bonds. The van der Waals surface area contributed by atoms with Crippen LogP contribution in [0.15, 0.2) is 53.3 Å². The molecular formula is C17H14IN3O2S. The molecule has 0 unspecified atom stereocenters. The second-order valence-electron chi connectivity index (χ2n) is 5.18. The SMILES string of the molecule is Cc1ccc(-c2ccc(=O)n(CC(=O)Nc3cccc(I)c3)n2)s1. The van der Waals surface area contributed by atoms with E-state index < -0.39 is 0 Å². The lowest BCUT2D eigenvalue weighted by molar-refractivity contribution is -0.117. The maximum Gasteiger partial charge on any atom is 0.267 e. The molecule has 0 fully saturated rings. The highest BCUT2D eigenvalue weighted by atomic mass is 127. The summed E-state index contributed by atoms with van der Waals surface area (Å²) in [4.78, 5) is 26.3. The molecule has 5 nitrogen and oxygen atoms in total. The van der Waals surface area contributed by atoms with Crippen molar-refractivity contribution in [2.75, 3.05) is 5.32 Å². The van der Waals surface area contributed by atoms with E-state index in [0.717, 1.165) is 8.45 Å². The van der Waals surface area contributed by atoms with Crippen molar-refractivity contribution in [2.24, 2.45) is 0 Å². The molecule has 0 aliphatic heterocycles. The van der Waals surface area contributed by atoms with Crippen molar-refractivity contribution < 1.29 is 4.79 Å². The van der Waals surface area contributed by atoms with Gasteiger partial charge in [0.2, 0.25) is 5.91 Å². The van der Waals surface area contributed by atoms with E-state index in [1.165, 1.54) is 15.6 Å². The summed E-state index contributed by atoms with van der Waals surface area (Å²) < 4.78 is 2.21. The predicted octanol–water partition coefficient (Wildman–Crippen LogP) is 3.52. The van der Waals surface area contributed by atoms with Crippen LogP contribution in [0, 0.1) is 10.5 Å². The molecule has 2 heterocycles. The zero-order chi connectivity index (χ0) is 17.1. The Morgan fingerprint density at radius 3 is 2.79 bits per heavy atom. The van der Waals surface area contributed by atoms with E-state index in [1.807, 2.05) is 37.3 Å². The van der Waals surface area contributed by atoms with Crippen LogP contribution >= 0.6 is 33.9 Å². The zero-order valence-corrected chi connectivity index (χ0v) is 15.8. The summed E-state index contributed by atoms with van der Waals surface area (Å²) in [6.45, 7) is 1.89. The fourth-order valence-corrected chi connectivity index (χ4v) is 3.54. The van der Waals surface area contributed by atoms with Gasteiger partial charge in [0, 0.05) is 20.2 Å². The normalized spacial score (nSPS) is 10.6. The van der Waals surface area contributed by atoms with E-state index in [0.29, 0.717) is 11.4 Å². The van der Waals surface area contributed by atoms with Crippen molar-refractivity contribution in [2.45, 2.75) is 13.5 Å². The van der Waals surface area contributed by atoms with E-state index in [2.05, 4.69) is 33.0 Å². The van der Waals surface area contributed by atoms with Gasteiger partial charge in [0.05, 0.1) is 4.88 Å². The third kappa shape index (κ3) is 4.09. The third-order valence-electron chi connectivity index (χ3n) is 3.26. The second-order valence-corrected chi connectivity index (χ2v) is 7.72. The van der Waals surface area contributed by atoms with E-state index >= 15 is 0 Å². The Balaban J connectivity index is 1.79. The second kappa shape index (κ2) is 7.27. The Morgan fingerprint density at radius 1 is 1.25 bits per heavy atom. The van der Waals surface area contributed by atoms with Crippen LogP contribution in [-0.2, 0) is 11.3 Å². The molecule has 0 bridgehead atoms. The van der Waals surface area contributed by atoms with Crippen molar-refractivity contribution in [3.05, 3.63) is 67.3 Å². The summed E-state index contributed by atoms with van der Waals surface area (Å²) in [5, 5.41) is 7.09. The van der Waals surface area contributed by atoms with Gasteiger partial charge < -0.3 is 5.32 Å². The number of nitrogens with one attached hydrogen (secondary N) is 1. The van der Waals surface area contributed by atoms with Gasteiger partial charge in [-0.05, 0) is 65.9 Å². The summed E-state index contributed by atoms with van der Waals surface area (Å²) in [6, 6.07) is 14.6. The number of thiophene rings is 1. The predicted molar refractivity (Wildman–Crippen MR) is 104 cm³/mol. The fraction of sp³-hybridized carbons (Fsp3) is 0.118. The lowest BCUT2D eigenvalue weighted by Crippen LogP contribution is -2.29. The maximum absolute atomic E-state index is 12.2. The van der Waals surface area contributed by atoms with Crippen LogP contribution in [0.5, 0.6) is 0 Å². The first-order chi connectivity index (χ1) is 11.5. The summed E-state index contributed by atoms with van der Waals surface area (Å²) >= 11 is 3.78. The molecule has 0 saturated carbocycles. The van der Waals surface area contributed by atoms with Crippen LogP contribution in [0.3, 0.4) is 0 Å². The molecule has 0 aliphatic carbocycles. The lowest BCUT2D eigenvalue weighted by Gasteiger charge is -2.08. The molecule has 3 rings (SSSR count). The highest BCUT2D eigenvalue weighted by Crippen LogP contribution is 2.25. The van der Waals surface area contributed by atoms with Gasteiger partial charge in [-0.15, -0.1) is 11.3 Å². The Labute approximate surface area is 156 Å². The number of hydrogen-bond acceptors (Lipinski definition) is 4. The molecule has 122 valence electrons. The molecule has 24 heavy (non-hydrogen) atoms. The fourth-order valence-electron chi connectivity index (χ4n) is 2.17. The van der Waals surface area contributed by atoms with Crippen LogP contribution in [0.4, 0.5) is 5.69 Å². The van der Waals surface area contributed by atoms with E-state index in [4.69, 9.17) is 0 Å². The standard InChI is InChI=1S/C17H14IN3O2S/c1-11-5-7-15(24-11)14-6-8-17(23)21(20-14)10-16(22)19-13-4-2-3-12(18)9-13/h2-9H,10H2,1H3,(H,19,22). The lowest BCUT2D eigenvalue weighted by atomic mass is 10.3. The summed E-state index contributed by atoms with van der Waals surface area (Å²) in [5.74, 6) is -0.286. The summed E-state index contributed by atoms with van der Waals surface area (Å²) in [6.07, 6.45) is 0. The number of anilines is 1. The highest BCUT2D eigenvalue weighted by Gasteiger charge is 2.09. The van der Waals surface area contributed by atoms with Crippen LogP contribution in [0.25, 0.3) is 10.6 Å². The highest BCUT2D eigenvalue weighted by molar-refractivity contribution is 14.1. The number of carbonyl (C=O) groups excluding carboxylic acids is 1. The number of carbonyl (C=O) groups is 1. The van der Waals surface area contributed by atoms with E-state index in [1.54, 1.807) is 23.5 Å². The number of amides is 1. The van der Waals surface area contributed by atoms with Gasteiger partial charge in [-0.25, -0.2) is 4.68 Å². The third-order valence-corrected chi connectivity index (χ3v) is 4.96. The minimum absolute atomic E-state index is 0.123. The van der Waals surface area contributed by atoms with Crippen LogP contribution in [0.2, 0.25) is 0 Å². The number of hydrogen-bond donors (Lipinski definition) is 1. The monoisotopic (exact) mass is 451 g/mol. The molecule has 0 aliphatic rings. The number of benzene rings is 1. The minimum atomic E-state index is -0.301. The number of aromatic nitrogens is 2. The number of halogens is 1. The Kier molecular flexibility index (Phi) is 5.10. The summed E-state index contributed by atoms with van der Waals surface area (Å²) in [7, 11) is 0. The van der Waals surface area contributed by atoms with Gasteiger partial charge >= 0.3 is 0 Å². The van der Waals surface area contributed by atoms with Crippen molar-refractivity contribution in [3.63, 3.8) is 0 Å². The van der Waals surface area contributed by atoms with Crippen molar-refractivity contribution >= 4 is 45.5 Å². The largest absolute Gasteiger partial charge is 0.324 e. The molecule has 1 N–H and O–H groups in total. The molecule has 0 atom stereocenters. The molecule has 0 saturated heterocycles. The molecule has 7 heteroatoms. The molecule has 2 aromatic heterocycles. The number of rotatable bonds is 4. The molecule has 1 aromatic carbocycles. The Morgan fingerprint density at radius 2 is 2.08 bits per heavy atom. The molecule has 0 spiro atoms. The van der Waals surface area contributed by atoms with Crippen molar-refractivity contribution in [3.8, 4) is 10.6 Å². The van der Waals surface area contributed by atoms with Gasteiger partial charge in [0.25, 0.3) is 5.56 Å². The molecular weight excluding hydrogens is 437 g/mol. The van der Waals surface area contributed by atoms with Crippen molar-refractivity contribution in [1.82, 2.24) is 9.78 Å². The quantitative estimate of drug-likeness (QED) is 0.618. The van der Waals surface area contributed by atoms with Crippen LogP contribution in [0.1, 0.15) is 4.88 Å². The van der Waals surface area contributed by atoms with Gasteiger partial charge in [-0.1, -0.05) is 6.07 Å².